The number of rotatable bonds is 5. The van der Waals surface area contributed by atoms with Gasteiger partial charge in [0, 0.05) is 45.5 Å². The van der Waals surface area contributed by atoms with Gasteiger partial charge in [0.05, 0.1) is 7.11 Å². The molecular formula is C29H26BrN3O3. The number of hydrogen-bond donors (Lipinski definition) is 2. The van der Waals surface area contributed by atoms with Crippen LogP contribution < -0.4 is 15.4 Å². The lowest BCUT2D eigenvalue weighted by Gasteiger charge is -2.37. The predicted octanol–water partition coefficient (Wildman–Crippen LogP) is 5.85. The number of Topliss-reactive ketones (excluding diaryl/α,β-unsaturated/α-hetero) is 1. The maximum Gasteiger partial charge on any atom is 0.255 e. The van der Waals surface area contributed by atoms with E-state index in [1.165, 1.54) is 0 Å². The number of amides is 1. The molecule has 3 aromatic rings. The van der Waals surface area contributed by atoms with Crippen molar-refractivity contribution in [1.29, 1.82) is 0 Å². The van der Waals surface area contributed by atoms with Gasteiger partial charge in [-0.05, 0) is 66.8 Å². The number of nitrogens with one attached hydrogen (secondary N) is 2. The van der Waals surface area contributed by atoms with E-state index < -0.39 is 5.92 Å². The molecule has 0 radical (unpaired) electrons. The minimum Gasteiger partial charge on any atom is -0.497 e. The molecule has 1 aliphatic heterocycles. The molecule has 2 heterocycles. The normalized spacial score (nSPS) is 19.5. The van der Waals surface area contributed by atoms with Crippen LogP contribution >= 0.6 is 15.9 Å². The molecule has 7 heteroatoms. The summed E-state index contributed by atoms with van der Waals surface area (Å²) in [4.78, 5) is 31.5. The van der Waals surface area contributed by atoms with E-state index in [1.807, 2.05) is 61.5 Å². The molecular weight excluding hydrogens is 518 g/mol. The van der Waals surface area contributed by atoms with E-state index in [9.17, 15) is 9.59 Å². The molecule has 36 heavy (non-hydrogen) atoms. The van der Waals surface area contributed by atoms with Gasteiger partial charge in [0.15, 0.2) is 5.78 Å². The van der Waals surface area contributed by atoms with Crippen molar-refractivity contribution >= 4 is 33.4 Å². The van der Waals surface area contributed by atoms with Gasteiger partial charge in [0.25, 0.3) is 5.91 Å². The Hall–Kier alpha value is -3.71. The number of allylic oxidation sites excluding steroid dienone is 3. The molecule has 0 saturated carbocycles. The number of ether oxygens (including phenoxy) is 1. The molecule has 2 aliphatic rings. The Bertz CT molecular complexity index is 1380. The number of nitrogens with zero attached hydrogens (tertiary/aromatic N) is 1. The highest BCUT2D eigenvalue weighted by Crippen LogP contribution is 2.46. The molecule has 2 aromatic carbocycles. The van der Waals surface area contributed by atoms with E-state index in [1.54, 1.807) is 25.4 Å². The fourth-order valence-electron chi connectivity index (χ4n) is 5.09. The Balaban J connectivity index is 1.54. The van der Waals surface area contributed by atoms with Gasteiger partial charge >= 0.3 is 0 Å². The molecule has 1 aromatic heterocycles. The first-order valence-electron chi connectivity index (χ1n) is 11.8. The van der Waals surface area contributed by atoms with E-state index in [-0.39, 0.29) is 17.6 Å². The van der Waals surface area contributed by atoms with Crippen molar-refractivity contribution < 1.29 is 14.3 Å². The SMILES string of the molecule is COc1ccc(C2CC(=O)C3=C(C2)NC(C)=C(C(=O)Nc2ccccn2)C3c2cccc(Br)c2)cc1. The Morgan fingerprint density at radius 2 is 1.86 bits per heavy atom. The number of carbonyl (C=O) groups is 2. The average molecular weight is 544 g/mol. The summed E-state index contributed by atoms with van der Waals surface area (Å²) in [6.45, 7) is 1.89. The lowest BCUT2D eigenvalue weighted by molar-refractivity contribution is -0.116. The maximum atomic E-state index is 13.7. The van der Waals surface area contributed by atoms with Crippen molar-refractivity contribution in [3.8, 4) is 5.75 Å². The molecule has 1 amide bonds. The molecule has 2 atom stereocenters. The second-order valence-corrected chi connectivity index (χ2v) is 9.93. The highest BCUT2D eigenvalue weighted by atomic mass is 79.9. The summed E-state index contributed by atoms with van der Waals surface area (Å²) in [5.74, 6) is 0.588. The van der Waals surface area contributed by atoms with E-state index >= 15 is 0 Å². The third-order valence-electron chi connectivity index (χ3n) is 6.75. The highest BCUT2D eigenvalue weighted by molar-refractivity contribution is 9.10. The van der Waals surface area contributed by atoms with Crippen molar-refractivity contribution in [3.63, 3.8) is 0 Å². The molecule has 2 N–H and O–H groups in total. The Labute approximate surface area is 218 Å². The summed E-state index contributed by atoms with van der Waals surface area (Å²) in [6, 6.07) is 21.1. The van der Waals surface area contributed by atoms with Crippen molar-refractivity contribution in [2.75, 3.05) is 12.4 Å². The zero-order valence-corrected chi connectivity index (χ0v) is 21.6. The third kappa shape index (κ3) is 4.71. The number of carbonyl (C=O) groups excluding carboxylic acids is 2. The first-order chi connectivity index (χ1) is 17.4. The molecule has 2 unspecified atom stereocenters. The summed E-state index contributed by atoms with van der Waals surface area (Å²) in [7, 11) is 1.64. The minimum absolute atomic E-state index is 0.0465. The van der Waals surface area contributed by atoms with E-state index in [4.69, 9.17) is 4.74 Å². The highest BCUT2D eigenvalue weighted by Gasteiger charge is 2.41. The molecule has 0 bridgehead atoms. The molecule has 6 nitrogen and oxygen atoms in total. The Kier molecular flexibility index (Phi) is 6.74. The maximum absolute atomic E-state index is 13.7. The van der Waals surface area contributed by atoms with Crippen LogP contribution in [0.15, 0.2) is 99.9 Å². The number of pyridine rings is 1. The molecule has 1 aliphatic carbocycles. The average Bonchev–Trinajstić information content (AvgIpc) is 2.88. The quantitative estimate of drug-likeness (QED) is 0.421. The number of dihydropyridines is 1. The van der Waals surface area contributed by atoms with Gasteiger partial charge in [-0.3, -0.25) is 9.59 Å². The number of methoxy groups -OCH3 is 1. The molecule has 0 saturated heterocycles. The van der Waals surface area contributed by atoms with Crippen LogP contribution in [0.5, 0.6) is 5.75 Å². The summed E-state index contributed by atoms with van der Waals surface area (Å²) >= 11 is 3.56. The van der Waals surface area contributed by atoms with Gasteiger partial charge in [-0.25, -0.2) is 4.98 Å². The lowest BCUT2D eigenvalue weighted by Crippen LogP contribution is -2.37. The van der Waals surface area contributed by atoms with E-state index in [2.05, 4.69) is 31.5 Å². The topological polar surface area (TPSA) is 80.3 Å². The van der Waals surface area contributed by atoms with Crippen LogP contribution in [-0.4, -0.2) is 23.8 Å². The second-order valence-electron chi connectivity index (χ2n) is 9.01. The molecule has 0 spiro atoms. The third-order valence-corrected chi connectivity index (χ3v) is 7.24. The summed E-state index contributed by atoms with van der Waals surface area (Å²) in [6.07, 6.45) is 2.70. The van der Waals surface area contributed by atoms with Crippen molar-refractivity contribution in [3.05, 3.63) is 111 Å². The fourth-order valence-corrected chi connectivity index (χ4v) is 5.51. The van der Waals surface area contributed by atoms with Crippen molar-refractivity contribution in [2.24, 2.45) is 0 Å². The summed E-state index contributed by atoms with van der Waals surface area (Å²) < 4.78 is 6.18. The first kappa shape index (κ1) is 24.0. The molecule has 5 rings (SSSR count). The number of halogens is 1. The number of hydrogen-bond acceptors (Lipinski definition) is 5. The lowest BCUT2D eigenvalue weighted by atomic mass is 9.71. The van der Waals surface area contributed by atoms with Crippen molar-refractivity contribution in [2.45, 2.75) is 31.6 Å². The Morgan fingerprint density at radius 3 is 2.56 bits per heavy atom. The fraction of sp³-hybridized carbons (Fsp3) is 0.207. The van der Waals surface area contributed by atoms with Crippen LogP contribution in [0.4, 0.5) is 5.82 Å². The van der Waals surface area contributed by atoms with Crippen molar-refractivity contribution in [1.82, 2.24) is 10.3 Å². The number of anilines is 1. The predicted molar refractivity (Wildman–Crippen MR) is 143 cm³/mol. The van der Waals surface area contributed by atoms with E-state index in [0.29, 0.717) is 29.8 Å². The van der Waals surface area contributed by atoms with Crippen LogP contribution in [0.1, 0.15) is 42.7 Å². The monoisotopic (exact) mass is 543 g/mol. The Morgan fingerprint density at radius 1 is 1.06 bits per heavy atom. The van der Waals surface area contributed by atoms with Crippen LogP contribution in [-0.2, 0) is 9.59 Å². The van der Waals surface area contributed by atoms with Gasteiger partial charge in [-0.1, -0.05) is 46.3 Å². The van der Waals surface area contributed by atoms with Gasteiger partial charge in [-0.2, -0.15) is 0 Å². The van der Waals surface area contributed by atoms with Crippen LogP contribution in [0.3, 0.4) is 0 Å². The molecule has 0 fully saturated rings. The van der Waals surface area contributed by atoms with E-state index in [0.717, 1.165) is 32.7 Å². The van der Waals surface area contributed by atoms with Gasteiger partial charge in [-0.15, -0.1) is 0 Å². The van der Waals surface area contributed by atoms with Crippen LogP contribution in [0.25, 0.3) is 0 Å². The van der Waals surface area contributed by atoms with Crippen LogP contribution in [0, 0.1) is 0 Å². The standard InChI is InChI=1S/C29H26BrN3O3/c1-17-26(29(35)33-25-8-3-4-13-31-25)27(19-6-5-7-21(30)14-19)28-23(32-17)15-20(16-24(28)34)18-9-11-22(36-2)12-10-18/h3-14,20,27,32H,15-16H2,1-2H3,(H,31,33,35). The largest absolute Gasteiger partial charge is 0.497 e. The first-order valence-corrected chi connectivity index (χ1v) is 12.6. The second kappa shape index (κ2) is 10.1. The summed E-state index contributed by atoms with van der Waals surface area (Å²) in [5, 5.41) is 6.33. The minimum atomic E-state index is -0.480. The summed E-state index contributed by atoms with van der Waals surface area (Å²) in [5.41, 5.74) is 4.78. The number of aromatic nitrogens is 1. The number of ketones is 1. The number of benzene rings is 2. The van der Waals surface area contributed by atoms with Gasteiger partial charge in [0.2, 0.25) is 0 Å². The van der Waals surface area contributed by atoms with Gasteiger partial charge < -0.3 is 15.4 Å². The smallest absolute Gasteiger partial charge is 0.255 e. The van der Waals surface area contributed by atoms with Gasteiger partial charge in [0.1, 0.15) is 11.6 Å². The zero-order valence-electron chi connectivity index (χ0n) is 20.0. The zero-order chi connectivity index (χ0) is 25.2. The molecule has 182 valence electrons. The van der Waals surface area contributed by atoms with Crippen LogP contribution in [0.2, 0.25) is 0 Å².